The van der Waals surface area contributed by atoms with Crippen molar-refractivity contribution in [3.8, 4) is 5.75 Å². The van der Waals surface area contributed by atoms with Gasteiger partial charge in [-0.2, -0.15) is 0 Å². The van der Waals surface area contributed by atoms with Gasteiger partial charge in [0.25, 0.3) is 11.8 Å². The lowest BCUT2D eigenvalue weighted by Gasteiger charge is -2.08. The molecule has 7 nitrogen and oxygen atoms in total. The largest absolute Gasteiger partial charge is 0.493 e. The summed E-state index contributed by atoms with van der Waals surface area (Å²) in [6.45, 7) is 2.54. The summed E-state index contributed by atoms with van der Waals surface area (Å²) in [7, 11) is 0. The van der Waals surface area contributed by atoms with E-state index in [1.165, 1.54) is 6.07 Å². The molecule has 0 aliphatic rings. The first-order valence-corrected chi connectivity index (χ1v) is 9.34. The SMILES string of the molecule is CCCOc1ccc2cc(C(=O)NNC(=O)c3ccc(Br)cc3)c(=O)oc2c1. The molecular weight excluding hydrogens is 428 g/mol. The Labute approximate surface area is 168 Å². The van der Waals surface area contributed by atoms with Gasteiger partial charge in [-0.05, 0) is 48.9 Å². The Morgan fingerprint density at radius 1 is 1.04 bits per heavy atom. The Morgan fingerprint density at radius 2 is 1.75 bits per heavy atom. The summed E-state index contributed by atoms with van der Waals surface area (Å²) in [6, 6.07) is 13.0. The van der Waals surface area contributed by atoms with E-state index < -0.39 is 17.4 Å². The third-order valence-electron chi connectivity index (χ3n) is 3.82. The zero-order chi connectivity index (χ0) is 20.1. The number of hydrazine groups is 1. The van der Waals surface area contributed by atoms with Gasteiger partial charge in [0, 0.05) is 21.5 Å². The predicted octanol–water partition coefficient (Wildman–Crippen LogP) is 3.42. The van der Waals surface area contributed by atoms with E-state index in [1.54, 1.807) is 42.5 Å². The lowest BCUT2D eigenvalue weighted by atomic mass is 10.1. The van der Waals surface area contributed by atoms with Crippen LogP contribution in [-0.4, -0.2) is 18.4 Å². The zero-order valence-corrected chi connectivity index (χ0v) is 16.5. The molecule has 0 radical (unpaired) electrons. The maximum Gasteiger partial charge on any atom is 0.349 e. The smallest absolute Gasteiger partial charge is 0.349 e. The van der Waals surface area contributed by atoms with E-state index in [0.717, 1.165) is 10.9 Å². The summed E-state index contributed by atoms with van der Waals surface area (Å²) < 4.78 is 11.6. The van der Waals surface area contributed by atoms with Crippen LogP contribution in [0.4, 0.5) is 0 Å². The third kappa shape index (κ3) is 4.58. The second-order valence-electron chi connectivity index (χ2n) is 5.91. The number of fused-ring (bicyclic) bond motifs is 1. The Morgan fingerprint density at radius 3 is 2.46 bits per heavy atom. The van der Waals surface area contributed by atoms with Crippen LogP contribution in [0.3, 0.4) is 0 Å². The molecule has 8 heteroatoms. The van der Waals surface area contributed by atoms with E-state index in [-0.39, 0.29) is 5.56 Å². The quantitative estimate of drug-likeness (QED) is 0.464. The number of carbonyl (C=O) groups is 2. The summed E-state index contributed by atoms with van der Waals surface area (Å²) in [5.74, 6) is -0.701. The van der Waals surface area contributed by atoms with Crippen molar-refractivity contribution in [2.45, 2.75) is 13.3 Å². The van der Waals surface area contributed by atoms with Crippen molar-refractivity contribution in [1.29, 1.82) is 0 Å². The van der Waals surface area contributed by atoms with Gasteiger partial charge < -0.3 is 9.15 Å². The van der Waals surface area contributed by atoms with Crippen LogP contribution < -0.4 is 21.2 Å². The lowest BCUT2D eigenvalue weighted by molar-refractivity contribution is 0.0844. The molecule has 0 saturated carbocycles. The molecule has 0 spiro atoms. The van der Waals surface area contributed by atoms with Crippen LogP contribution in [0.15, 0.2) is 62.2 Å². The molecule has 0 atom stereocenters. The topological polar surface area (TPSA) is 97.6 Å². The highest BCUT2D eigenvalue weighted by molar-refractivity contribution is 9.10. The molecule has 3 rings (SSSR count). The second-order valence-corrected chi connectivity index (χ2v) is 6.83. The minimum Gasteiger partial charge on any atom is -0.493 e. The number of amides is 2. The first-order valence-electron chi connectivity index (χ1n) is 8.55. The summed E-state index contributed by atoms with van der Waals surface area (Å²) >= 11 is 3.28. The maximum atomic E-state index is 12.3. The summed E-state index contributed by atoms with van der Waals surface area (Å²) in [6.07, 6.45) is 0.854. The molecule has 3 aromatic rings. The highest BCUT2D eigenvalue weighted by Gasteiger charge is 2.15. The molecule has 1 heterocycles. The molecule has 28 heavy (non-hydrogen) atoms. The molecule has 0 unspecified atom stereocenters. The molecule has 2 N–H and O–H groups in total. The van der Waals surface area contributed by atoms with Crippen molar-refractivity contribution in [2.75, 3.05) is 6.61 Å². The van der Waals surface area contributed by atoms with Crippen molar-refractivity contribution < 1.29 is 18.7 Å². The summed E-state index contributed by atoms with van der Waals surface area (Å²) in [5.41, 5.74) is 4.13. The average molecular weight is 445 g/mol. The van der Waals surface area contributed by atoms with E-state index in [1.807, 2.05) is 6.92 Å². The lowest BCUT2D eigenvalue weighted by Crippen LogP contribution is -2.43. The monoisotopic (exact) mass is 444 g/mol. The summed E-state index contributed by atoms with van der Waals surface area (Å²) in [4.78, 5) is 36.5. The van der Waals surface area contributed by atoms with E-state index in [0.29, 0.717) is 28.9 Å². The van der Waals surface area contributed by atoms with Crippen molar-refractivity contribution in [3.63, 3.8) is 0 Å². The number of carbonyl (C=O) groups excluding carboxylic acids is 2. The molecule has 0 saturated heterocycles. The minimum atomic E-state index is -0.810. The fourth-order valence-corrected chi connectivity index (χ4v) is 2.68. The van der Waals surface area contributed by atoms with Crippen LogP contribution in [0, 0.1) is 0 Å². The van der Waals surface area contributed by atoms with E-state index in [2.05, 4.69) is 26.8 Å². The van der Waals surface area contributed by atoms with Crippen LogP contribution in [0.1, 0.15) is 34.1 Å². The Hall–Kier alpha value is -3.13. The highest BCUT2D eigenvalue weighted by Crippen LogP contribution is 2.20. The number of halogens is 1. The predicted molar refractivity (Wildman–Crippen MR) is 107 cm³/mol. The normalized spacial score (nSPS) is 10.5. The minimum absolute atomic E-state index is 0.217. The Balaban J connectivity index is 1.74. The fraction of sp³-hybridized carbons (Fsp3) is 0.150. The molecule has 144 valence electrons. The first-order chi connectivity index (χ1) is 13.5. The standard InChI is InChI=1S/C20H17BrN2O5/c1-2-9-27-15-8-5-13-10-16(20(26)28-17(13)11-15)19(25)23-22-18(24)12-3-6-14(21)7-4-12/h3-8,10-11H,2,9H2,1H3,(H,22,24)(H,23,25). The van der Waals surface area contributed by atoms with Crippen LogP contribution in [0.25, 0.3) is 11.0 Å². The highest BCUT2D eigenvalue weighted by atomic mass is 79.9. The van der Waals surface area contributed by atoms with E-state index in [9.17, 15) is 14.4 Å². The molecule has 2 aromatic carbocycles. The second kappa shape index (κ2) is 8.71. The number of hydrogen-bond donors (Lipinski definition) is 2. The van der Waals surface area contributed by atoms with Crippen molar-refractivity contribution in [2.24, 2.45) is 0 Å². The summed E-state index contributed by atoms with van der Waals surface area (Å²) in [5, 5.41) is 0.563. The van der Waals surface area contributed by atoms with Gasteiger partial charge in [-0.15, -0.1) is 0 Å². The average Bonchev–Trinajstić information content (AvgIpc) is 2.70. The Bertz CT molecular complexity index is 1080. The van der Waals surface area contributed by atoms with Crippen LogP contribution in [-0.2, 0) is 0 Å². The zero-order valence-electron chi connectivity index (χ0n) is 15.0. The van der Waals surface area contributed by atoms with Gasteiger partial charge in [-0.3, -0.25) is 20.4 Å². The first kappa shape index (κ1) is 19.6. The third-order valence-corrected chi connectivity index (χ3v) is 4.35. The maximum absolute atomic E-state index is 12.3. The van der Waals surface area contributed by atoms with Crippen molar-refractivity contribution in [1.82, 2.24) is 10.9 Å². The number of ether oxygens (including phenoxy) is 1. The van der Waals surface area contributed by atoms with E-state index in [4.69, 9.17) is 9.15 Å². The molecule has 0 fully saturated rings. The molecular formula is C20H17BrN2O5. The molecule has 1 aromatic heterocycles. The van der Waals surface area contributed by atoms with Crippen molar-refractivity contribution >= 4 is 38.7 Å². The number of nitrogens with one attached hydrogen (secondary N) is 2. The van der Waals surface area contributed by atoms with E-state index >= 15 is 0 Å². The number of benzene rings is 2. The van der Waals surface area contributed by atoms with Crippen molar-refractivity contribution in [3.05, 3.63) is 74.6 Å². The van der Waals surface area contributed by atoms with Crippen LogP contribution >= 0.6 is 15.9 Å². The number of hydrogen-bond acceptors (Lipinski definition) is 5. The van der Waals surface area contributed by atoms with Gasteiger partial charge in [0.1, 0.15) is 16.9 Å². The fourth-order valence-electron chi connectivity index (χ4n) is 2.41. The van der Waals surface area contributed by atoms with Gasteiger partial charge in [0.15, 0.2) is 0 Å². The van der Waals surface area contributed by atoms with Crippen LogP contribution in [0.2, 0.25) is 0 Å². The van der Waals surface area contributed by atoms with Gasteiger partial charge in [0.2, 0.25) is 0 Å². The molecule has 2 amide bonds. The Kier molecular flexibility index (Phi) is 6.10. The van der Waals surface area contributed by atoms with Gasteiger partial charge >= 0.3 is 5.63 Å². The van der Waals surface area contributed by atoms with Gasteiger partial charge in [-0.25, -0.2) is 4.79 Å². The molecule has 0 bridgehead atoms. The molecule has 0 aliphatic carbocycles. The van der Waals surface area contributed by atoms with Gasteiger partial charge in [0.05, 0.1) is 6.61 Å². The van der Waals surface area contributed by atoms with Crippen LogP contribution in [0.5, 0.6) is 5.75 Å². The number of rotatable bonds is 5. The molecule has 0 aliphatic heterocycles. The van der Waals surface area contributed by atoms with Gasteiger partial charge in [-0.1, -0.05) is 22.9 Å².